The van der Waals surface area contributed by atoms with Gasteiger partial charge in [-0.3, -0.25) is 0 Å². The summed E-state index contributed by atoms with van der Waals surface area (Å²) in [7, 11) is 0. The van der Waals surface area contributed by atoms with Crippen molar-refractivity contribution in [2.45, 2.75) is 32.0 Å². The van der Waals surface area contributed by atoms with Gasteiger partial charge in [-0.1, -0.05) is 17.7 Å². The number of rotatable bonds is 2. The van der Waals surface area contributed by atoms with Gasteiger partial charge in [-0.2, -0.15) is 0 Å². The summed E-state index contributed by atoms with van der Waals surface area (Å²) in [5, 5.41) is 19.8. The van der Waals surface area contributed by atoms with E-state index in [0.717, 1.165) is 30.6 Å². The van der Waals surface area contributed by atoms with Crippen molar-refractivity contribution in [1.29, 1.82) is 0 Å². The molecule has 0 saturated carbocycles. The van der Waals surface area contributed by atoms with Crippen LogP contribution in [0.2, 0.25) is 5.02 Å². The maximum Gasteiger partial charge on any atom is 0.0762 e. The second-order valence-electron chi connectivity index (χ2n) is 4.63. The number of piperidine rings is 1. The molecule has 0 spiro atoms. The third-order valence-electron chi connectivity index (χ3n) is 3.19. The topological polar surface area (TPSA) is 43.7 Å². The molecule has 1 aliphatic rings. The second-order valence-corrected chi connectivity index (χ2v) is 5.04. The van der Waals surface area contributed by atoms with E-state index in [2.05, 4.69) is 4.90 Å². The minimum absolute atomic E-state index is 0.267. The maximum absolute atomic E-state index is 9.65. The molecule has 2 rings (SSSR count). The fraction of sp³-hybridized carbons (Fsp3) is 0.538. The lowest BCUT2D eigenvalue weighted by molar-refractivity contribution is 0.154. The zero-order chi connectivity index (χ0) is 12.4. The summed E-state index contributed by atoms with van der Waals surface area (Å²) in [6, 6.07) is 5.60. The molecule has 1 aromatic carbocycles. The lowest BCUT2D eigenvalue weighted by Crippen LogP contribution is -2.38. The molecular weight excluding hydrogens is 238 g/mol. The Bertz CT molecular complexity index is 395. The molecule has 0 radical (unpaired) electrons. The minimum Gasteiger partial charge on any atom is -0.391 e. The van der Waals surface area contributed by atoms with Crippen molar-refractivity contribution >= 4 is 17.3 Å². The quantitative estimate of drug-likeness (QED) is 0.853. The molecule has 4 heteroatoms. The highest BCUT2D eigenvalue weighted by molar-refractivity contribution is 6.33. The Morgan fingerprint density at radius 1 is 1.47 bits per heavy atom. The van der Waals surface area contributed by atoms with E-state index in [9.17, 15) is 10.2 Å². The molecule has 1 aromatic rings. The first kappa shape index (κ1) is 12.7. The van der Waals surface area contributed by atoms with E-state index in [4.69, 9.17) is 11.6 Å². The van der Waals surface area contributed by atoms with Gasteiger partial charge in [0.25, 0.3) is 0 Å². The predicted octanol–water partition coefficient (Wildman–Crippen LogP) is 2.35. The lowest BCUT2D eigenvalue weighted by Gasteiger charge is -2.32. The van der Waals surface area contributed by atoms with Gasteiger partial charge in [0.1, 0.15) is 0 Å². The zero-order valence-electron chi connectivity index (χ0n) is 9.93. The van der Waals surface area contributed by atoms with Crippen molar-refractivity contribution in [3.05, 3.63) is 28.8 Å². The number of halogens is 1. The number of anilines is 1. The van der Waals surface area contributed by atoms with Crippen LogP contribution < -0.4 is 4.90 Å². The summed E-state index contributed by atoms with van der Waals surface area (Å²) in [5.41, 5.74) is 1.76. The summed E-state index contributed by atoms with van der Waals surface area (Å²) in [6.07, 6.45) is 1.07. The summed E-state index contributed by atoms with van der Waals surface area (Å²) >= 11 is 6.22. The highest BCUT2D eigenvalue weighted by atomic mass is 35.5. The first-order valence-electron chi connectivity index (χ1n) is 5.98. The van der Waals surface area contributed by atoms with E-state index in [1.165, 1.54) is 0 Å². The van der Waals surface area contributed by atoms with Crippen LogP contribution in [0.4, 0.5) is 5.69 Å². The molecule has 0 aromatic heterocycles. The fourth-order valence-electron chi connectivity index (χ4n) is 2.21. The third kappa shape index (κ3) is 2.92. The van der Waals surface area contributed by atoms with Crippen LogP contribution in [0.25, 0.3) is 0 Å². The van der Waals surface area contributed by atoms with Crippen LogP contribution in [-0.2, 0) is 0 Å². The molecule has 94 valence electrons. The number of hydrogen-bond donors (Lipinski definition) is 2. The van der Waals surface area contributed by atoms with Crippen molar-refractivity contribution in [3.8, 4) is 0 Å². The van der Waals surface area contributed by atoms with Crippen LogP contribution in [0.1, 0.15) is 31.4 Å². The third-order valence-corrected chi connectivity index (χ3v) is 3.49. The van der Waals surface area contributed by atoms with Crippen LogP contribution in [0, 0.1) is 0 Å². The molecule has 1 fully saturated rings. The predicted molar refractivity (Wildman–Crippen MR) is 69.5 cm³/mol. The molecule has 1 unspecified atom stereocenters. The first-order valence-corrected chi connectivity index (χ1v) is 6.36. The van der Waals surface area contributed by atoms with Gasteiger partial charge in [-0.05, 0) is 37.5 Å². The molecule has 1 heterocycles. The van der Waals surface area contributed by atoms with Gasteiger partial charge in [0, 0.05) is 13.1 Å². The Morgan fingerprint density at radius 2 is 2.24 bits per heavy atom. The Hall–Kier alpha value is -0.770. The fourth-order valence-corrected chi connectivity index (χ4v) is 2.52. The van der Waals surface area contributed by atoms with Gasteiger partial charge in [0.15, 0.2) is 0 Å². The molecule has 0 bridgehead atoms. The SMILES string of the molecule is C[C@@H](O)c1ccc(N2CCCC(O)C2)c(Cl)c1. The van der Waals surface area contributed by atoms with Crippen LogP contribution >= 0.6 is 11.6 Å². The average Bonchev–Trinajstić information content (AvgIpc) is 2.28. The Balaban J connectivity index is 2.21. The van der Waals surface area contributed by atoms with Gasteiger partial charge < -0.3 is 15.1 Å². The molecule has 1 aliphatic heterocycles. The minimum atomic E-state index is -0.506. The molecule has 2 atom stereocenters. The van der Waals surface area contributed by atoms with Crippen molar-refractivity contribution in [3.63, 3.8) is 0 Å². The van der Waals surface area contributed by atoms with E-state index in [1.54, 1.807) is 13.0 Å². The summed E-state index contributed by atoms with van der Waals surface area (Å²) in [4.78, 5) is 2.10. The first-order chi connectivity index (χ1) is 8.08. The summed E-state index contributed by atoms with van der Waals surface area (Å²) < 4.78 is 0. The van der Waals surface area contributed by atoms with Crippen molar-refractivity contribution in [1.82, 2.24) is 0 Å². The van der Waals surface area contributed by atoms with Gasteiger partial charge >= 0.3 is 0 Å². The Morgan fingerprint density at radius 3 is 2.82 bits per heavy atom. The normalized spacial score (nSPS) is 22.6. The smallest absolute Gasteiger partial charge is 0.0762 e. The largest absolute Gasteiger partial charge is 0.391 e. The maximum atomic E-state index is 9.65. The lowest BCUT2D eigenvalue weighted by atomic mass is 10.1. The van der Waals surface area contributed by atoms with Crippen LogP contribution in [0.3, 0.4) is 0 Å². The second kappa shape index (κ2) is 5.25. The highest BCUT2D eigenvalue weighted by Crippen LogP contribution is 2.30. The molecule has 1 saturated heterocycles. The van der Waals surface area contributed by atoms with Crippen molar-refractivity contribution < 1.29 is 10.2 Å². The molecule has 2 N–H and O–H groups in total. The summed E-state index contributed by atoms with van der Waals surface area (Å²) in [5.74, 6) is 0. The van der Waals surface area contributed by atoms with E-state index in [-0.39, 0.29) is 6.10 Å². The van der Waals surface area contributed by atoms with E-state index < -0.39 is 6.10 Å². The van der Waals surface area contributed by atoms with Crippen molar-refractivity contribution in [2.75, 3.05) is 18.0 Å². The Labute approximate surface area is 107 Å². The standard InChI is InChI=1S/C13H18ClNO2/c1-9(16)10-4-5-13(12(14)7-10)15-6-2-3-11(17)8-15/h4-5,7,9,11,16-17H,2-3,6,8H2,1H3/t9-,11?/m1/s1. The molecule has 0 aliphatic carbocycles. The highest BCUT2D eigenvalue weighted by Gasteiger charge is 2.20. The van der Waals surface area contributed by atoms with Gasteiger partial charge in [-0.25, -0.2) is 0 Å². The van der Waals surface area contributed by atoms with Crippen LogP contribution in [-0.4, -0.2) is 29.4 Å². The van der Waals surface area contributed by atoms with Crippen LogP contribution in [0.5, 0.6) is 0 Å². The number of hydrogen-bond acceptors (Lipinski definition) is 3. The summed E-state index contributed by atoms with van der Waals surface area (Å²) in [6.45, 7) is 3.27. The number of aliphatic hydroxyl groups excluding tert-OH is 2. The zero-order valence-corrected chi connectivity index (χ0v) is 10.7. The average molecular weight is 256 g/mol. The Kier molecular flexibility index (Phi) is 3.92. The van der Waals surface area contributed by atoms with Gasteiger partial charge in [0.05, 0.1) is 22.9 Å². The van der Waals surface area contributed by atoms with Crippen LogP contribution in [0.15, 0.2) is 18.2 Å². The number of β-amino-alcohol motifs (C(OH)–C–C–N with tert-alkyl or cyclic N) is 1. The van der Waals surface area contributed by atoms with Gasteiger partial charge in [0.2, 0.25) is 0 Å². The van der Waals surface area contributed by atoms with E-state index in [0.29, 0.717) is 11.6 Å². The number of nitrogens with zero attached hydrogens (tertiary/aromatic N) is 1. The van der Waals surface area contributed by atoms with E-state index >= 15 is 0 Å². The number of benzene rings is 1. The molecule has 17 heavy (non-hydrogen) atoms. The molecule has 0 amide bonds. The van der Waals surface area contributed by atoms with E-state index in [1.807, 2.05) is 12.1 Å². The number of aliphatic hydroxyl groups is 2. The van der Waals surface area contributed by atoms with Crippen molar-refractivity contribution in [2.24, 2.45) is 0 Å². The molecule has 3 nitrogen and oxygen atoms in total. The molecular formula is C13H18ClNO2. The van der Waals surface area contributed by atoms with Gasteiger partial charge in [-0.15, -0.1) is 0 Å². The monoisotopic (exact) mass is 255 g/mol.